The molecule has 5 heteroatoms. The van der Waals surface area contributed by atoms with Crippen LogP contribution < -0.4 is 9.47 Å². The maximum atomic E-state index is 12.5. The summed E-state index contributed by atoms with van der Waals surface area (Å²) in [4.78, 5) is 26.7. The Labute approximate surface area is 158 Å². The first kappa shape index (κ1) is 17.6. The Bertz CT molecular complexity index is 859. The van der Waals surface area contributed by atoms with Gasteiger partial charge in [0.1, 0.15) is 0 Å². The van der Waals surface area contributed by atoms with Gasteiger partial charge < -0.3 is 14.4 Å². The van der Waals surface area contributed by atoms with E-state index >= 15 is 0 Å². The number of fused-ring (bicyclic) bond motifs is 1. The van der Waals surface area contributed by atoms with Gasteiger partial charge in [0.15, 0.2) is 17.3 Å². The summed E-state index contributed by atoms with van der Waals surface area (Å²) in [6.07, 6.45) is 1.45. The Morgan fingerprint density at radius 3 is 2.63 bits per heavy atom. The van der Waals surface area contributed by atoms with Crippen molar-refractivity contribution in [1.82, 2.24) is 4.90 Å². The number of aryl methyl sites for hydroxylation is 1. The first-order chi connectivity index (χ1) is 13.1. The molecule has 4 rings (SSSR count). The van der Waals surface area contributed by atoms with Crippen LogP contribution in [0, 0.1) is 6.92 Å². The quantitative estimate of drug-likeness (QED) is 0.758. The number of Topliss-reactive ketones (excluding diaryl/α,β-unsaturated/α-hetero) is 1. The van der Waals surface area contributed by atoms with Crippen molar-refractivity contribution in [3.8, 4) is 11.5 Å². The van der Waals surface area contributed by atoms with Crippen LogP contribution in [0.4, 0.5) is 0 Å². The van der Waals surface area contributed by atoms with Crippen LogP contribution in [0.1, 0.15) is 46.7 Å². The molecule has 1 fully saturated rings. The van der Waals surface area contributed by atoms with Crippen molar-refractivity contribution in [2.75, 3.05) is 19.9 Å². The van der Waals surface area contributed by atoms with E-state index in [2.05, 4.69) is 0 Å². The fourth-order valence-electron chi connectivity index (χ4n) is 3.69. The largest absolute Gasteiger partial charge is 0.454 e. The van der Waals surface area contributed by atoms with Crippen LogP contribution in [0.5, 0.6) is 11.5 Å². The van der Waals surface area contributed by atoms with E-state index in [0.717, 1.165) is 30.0 Å². The second kappa shape index (κ2) is 7.43. The van der Waals surface area contributed by atoms with Crippen molar-refractivity contribution in [3.05, 3.63) is 59.2 Å². The van der Waals surface area contributed by atoms with Crippen molar-refractivity contribution in [2.24, 2.45) is 0 Å². The zero-order valence-electron chi connectivity index (χ0n) is 15.4. The molecular formula is C22H23NO4. The van der Waals surface area contributed by atoms with Gasteiger partial charge in [0.2, 0.25) is 12.7 Å². The number of likely N-dealkylation sites (tertiary alicyclic amines) is 1. The Morgan fingerprint density at radius 2 is 1.81 bits per heavy atom. The molecule has 2 aliphatic heterocycles. The van der Waals surface area contributed by atoms with Gasteiger partial charge in [-0.1, -0.05) is 35.9 Å². The van der Waals surface area contributed by atoms with Crippen molar-refractivity contribution >= 4 is 11.7 Å². The number of benzene rings is 2. The van der Waals surface area contributed by atoms with E-state index in [4.69, 9.17) is 9.47 Å². The summed E-state index contributed by atoms with van der Waals surface area (Å²) in [7, 11) is 0. The van der Waals surface area contributed by atoms with Crippen molar-refractivity contribution in [3.63, 3.8) is 0 Å². The molecule has 2 aliphatic rings. The minimum absolute atomic E-state index is 0.0230. The number of rotatable bonds is 5. The highest BCUT2D eigenvalue weighted by Gasteiger charge is 2.28. The summed E-state index contributed by atoms with van der Waals surface area (Å²) in [6, 6.07) is 13.5. The molecule has 1 amide bonds. The minimum atomic E-state index is 0.0230. The first-order valence-electron chi connectivity index (χ1n) is 9.37. The number of nitrogens with zero attached hydrogens (tertiary/aromatic N) is 1. The Hall–Kier alpha value is -2.82. The summed E-state index contributed by atoms with van der Waals surface area (Å²) in [6.45, 7) is 3.68. The number of ketones is 1. The molecule has 2 aromatic carbocycles. The Kier molecular flexibility index (Phi) is 4.84. The van der Waals surface area contributed by atoms with Crippen LogP contribution in [0.25, 0.3) is 0 Å². The number of amides is 1. The van der Waals surface area contributed by atoms with Crippen molar-refractivity contribution < 1.29 is 19.1 Å². The van der Waals surface area contributed by atoms with Gasteiger partial charge in [0.05, 0.1) is 0 Å². The molecule has 0 N–H and O–H groups in total. The highest BCUT2D eigenvalue weighted by molar-refractivity contribution is 5.98. The molecule has 0 radical (unpaired) electrons. The lowest BCUT2D eigenvalue weighted by atomic mass is 9.98. The molecule has 27 heavy (non-hydrogen) atoms. The molecule has 1 unspecified atom stereocenters. The van der Waals surface area contributed by atoms with Gasteiger partial charge in [-0.2, -0.15) is 0 Å². The van der Waals surface area contributed by atoms with Gasteiger partial charge in [-0.25, -0.2) is 0 Å². The van der Waals surface area contributed by atoms with E-state index in [1.807, 2.05) is 54.3 Å². The fraction of sp³-hybridized carbons (Fsp3) is 0.364. The van der Waals surface area contributed by atoms with Gasteiger partial charge >= 0.3 is 0 Å². The second-order valence-corrected chi connectivity index (χ2v) is 7.23. The standard InChI is InChI=1S/C22H23NO4/c1-15-2-4-16(5-3-15)19(24)7-9-22(25)23-11-10-18(13-23)17-6-8-20-21(12-17)27-14-26-20/h2-6,8,12,18H,7,9-11,13-14H2,1H3. The number of hydrogen-bond acceptors (Lipinski definition) is 4. The summed E-state index contributed by atoms with van der Waals surface area (Å²) < 4.78 is 10.8. The molecule has 2 aromatic rings. The maximum Gasteiger partial charge on any atom is 0.231 e. The van der Waals surface area contributed by atoms with Crippen LogP contribution in [-0.2, 0) is 4.79 Å². The maximum absolute atomic E-state index is 12.5. The van der Waals surface area contributed by atoms with Gasteiger partial charge in [-0.3, -0.25) is 9.59 Å². The second-order valence-electron chi connectivity index (χ2n) is 7.23. The van der Waals surface area contributed by atoms with Gasteiger partial charge in [-0.05, 0) is 31.0 Å². The van der Waals surface area contributed by atoms with Crippen LogP contribution in [-0.4, -0.2) is 36.5 Å². The summed E-state index contributed by atoms with van der Waals surface area (Å²) >= 11 is 0. The predicted molar refractivity (Wildman–Crippen MR) is 101 cm³/mol. The van der Waals surface area contributed by atoms with Crippen molar-refractivity contribution in [2.45, 2.75) is 32.1 Å². The van der Waals surface area contributed by atoms with Crippen LogP contribution in [0.2, 0.25) is 0 Å². The number of carbonyl (C=O) groups is 2. The predicted octanol–water partition coefficient (Wildman–Crippen LogP) is 3.70. The van der Waals surface area contributed by atoms with E-state index in [1.165, 1.54) is 5.56 Å². The van der Waals surface area contributed by atoms with Gasteiger partial charge in [0.25, 0.3) is 0 Å². The minimum Gasteiger partial charge on any atom is -0.454 e. The lowest BCUT2D eigenvalue weighted by molar-refractivity contribution is -0.130. The average molecular weight is 365 g/mol. The van der Waals surface area contributed by atoms with Crippen LogP contribution in [0.3, 0.4) is 0 Å². The first-order valence-corrected chi connectivity index (χ1v) is 9.37. The van der Waals surface area contributed by atoms with Gasteiger partial charge in [-0.15, -0.1) is 0 Å². The van der Waals surface area contributed by atoms with E-state index < -0.39 is 0 Å². The third-order valence-electron chi connectivity index (χ3n) is 5.35. The SMILES string of the molecule is Cc1ccc(C(=O)CCC(=O)N2CCC(c3ccc4c(c3)OCO4)C2)cc1. The third kappa shape index (κ3) is 3.82. The molecule has 0 spiro atoms. The number of ether oxygens (including phenoxy) is 2. The molecule has 5 nitrogen and oxygen atoms in total. The van der Waals surface area contributed by atoms with Crippen LogP contribution in [0.15, 0.2) is 42.5 Å². The normalized spacial score (nSPS) is 18.0. The van der Waals surface area contributed by atoms with E-state index in [-0.39, 0.29) is 31.3 Å². The molecular weight excluding hydrogens is 342 g/mol. The van der Waals surface area contributed by atoms with Crippen LogP contribution >= 0.6 is 0 Å². The lowest BCUT2D eigenvalue weighted by Crippen LogP contribution is -2.28. The smallest absolute Gasteiger partial charge is 0.231 e. The molecule has 0 saturated carbocycles. The van der Waals surface area contributed by atoms with E-state index in [9.17, 15) is 9.59 Å². The fourth-order valence-corrected chi connectivity index (χ4v) is 3.69. The zero-order valence-corrected chi connectivity index (χ0v) is 15.4. The van der Waals surface area contributed by atoms with E-state index in [0.29, 0.717) is 18.0 Å². The monoisotopic (exact) mass is 365 g/mol. The summed E-state index contributed by atoms with van der Waals surface area (Å²) in [5, 5.41) is 0. The highest BCUT2D eigenvalue weighted by atomic mass is 16.7. The van der Waals surface area contributed by atoms with Gasteiger partial charge in [0, 0.05) is 37.4 Å². The molecule has 0 aromatic heterocycles. The lowest BCUT2D eigenvalue weighted by Gasteiger charge is -2.17. The summed E-state index contributed by atoms with van der Waals surface area (Å²) in [5.41, 5.74) is 2.97. The zero-order chi connectivity index (χ0) is 18.8. The Morgan fingerprint density at radius 1 is 1.04 bits per heavy atom. The van der Waals surface area contributed by atoms with Crippen molar-refractivity contribution in [1.29, 1.82) is 0 Å². The third-order valence-corrected chi connectivity index (χ3v) is 5.35. The van der Waals surface area contributed by atoms with E-state index in [1.54, 1.807) is 0 Å². The number of carbonyl (C=O) groups excluding carboxylic acids is 2. The molecule has 140 valence electrons. The topological polar surface area (TPSA) is 55.8 Å². The highest BCUT2D eigenvalue weighted by Crippen LogP contribution is 2.37. The Balaban J connectivity index is 1.31. The number of hydrogen-bond donors (Lipinski definition) is 0. The molecule has 1 atom stereocenters. The molecule has 0 aliphatic carbocycles. The molecule has 1 saturated heterocycles. The molecule has 2 heterocycles. The summed E-state index contributed by atoms with van der Waals surface area (Å²) in [5.74, 6) is 1.94. The molecule has 0 bridgehead atoms. The average Bonchev–Trinajstić information content (AvgIpc) is 3.35.